The van der Waals surface area contributed by atoms with Gasteiger partial charge in [0.15, 0.2) is 0 Å². The van der Waals surface area contributed by atoms with Gasteiger partial charge in [0.2, 0.25) is 5.91 Å². The van der Waals surface area contributed by atoms with Crippen molar-refractivity contribution in [1.82, 2.24) is 5.32 Å². The third-order valence-electron chi connectivity index (χ3n) is 3.50. The first-order valence-corrected chi connectivity index (χ1v) is 8.07. The van der Waals surface area contributed by atoms with Crippen molar-refractivity contribution in [2.75, 3.05) is 11.9 Å². The summed E-state index contributed by atoms with van der Waals surface area (Å²) in [4.78, 5) is 24.1. The van der Waals surface area contributed by atoms with E-state index in [0.29, 0.717) is 5.56 Å². The molecule has 2 aromatic rings. The number of nitrogens with one attached hydrogen (secondary N) is 2. The van der Waals surface area contributed by atoms with Crippen LogP contribution in [0.5, 0.6) is 0 Å². The molecule has 0 atom stereocenters. The van der Waals surface area contributed by atoms with Gasteiger partial charge in [-0.3, -0.25) is 9.59 Å². The van der Waals surface area contributed by atoms with E-state index in [-0.39, 0.29) is 18.4 Å². The second-order valence-electron chi connectivity index (χ2n) is 5.51. The molecule has 0 radical (unpaired) electrons. The highest BCUT2D eigenvalue weighted by atomic mass is 79.9. The highest BCUT2D eigenvalue weighted by molar-refractivity contribution is 9.10. The molecule has 0 saturated carbocycles. The number of aryl methyl sites for hydroxylation is 3. The highest BCUT2D eigenvalue weighted by Gasteiger charge is 2.11. The molecule has 0 fully saturated rings. The molecule has 0 aliphatic heterocycles. The minimum Gasteiger partial charge on any atom is -0.343 e. The van der Waals surface area contributed by atoms with Crippen LogP contribution in [0.25, 0.3) is 0 Å². The maximum Gasteiger partial charge on any atom is 0.251 e. The Morgan fingerprint density at radius 3 is 2.39 bits per heavy atom. The number of hydrogen-bond donors (Lipinski definition) is 2. The van der Waals surface area contributed by atoms with Crippen LogP contribution in [0.4, 0.5) is 5.69 Å². The van der Waals surface area contributed by atoms with Crippen molar-refractivity contribution in [3.8, 4) is 0 Å². The molecule has 23 heavy (non-hydrogen) atoms. The summed E-state index contributed by atoms with van der Waals surface area (Å²) < 4.78 is 0.955. The Balaban J connectivity index is 1.94. The molecular formula is C18H19BrN2O2. The summed E-state index contributed by atoms with van der Waals surface area (Å²) in [5.74, 6) is -0.501. The van der Waals surface area contributed by atoms with Gasteiger partial charge in [0.25, 0.3) is 5.91 Å². The lowest BCUT2D eigenvalue weighted by Gasteiger charge is -2.11. The lowest BCUT2D eigenvalue weighted by molar-refractivity contribution is -0.115. The molecule has 0 saturated heterocycles. The topological polar surface area (TPSA) is 58.2 Å². The summed E-state index contributed by atoms with van der Waals surface area (Å²) in [5, 5.41) is 5.44. The first-order valence-electron chi connectivity index (χ1n) is 7.28. The Morgan fingerprint density at radius 2 is 1.74 bits per heavy atom. The number of hydrogen-bond acceptors (Lipinski definition) is 2. The zero-order valence-corrected chi connectivity index (χ0v) is 15.0. The minimum atomic E-state index is -0.256. The zero-order chi connectivity index (χ0) is 17.0. The lowest BCUT2D eigenvalue weighted by atomic mass is 10.1. The largest absolute Gasteiger partial charge is 0.343 e. The van der Waals surface area contributed by atoms with Crippen molar-refractivity contribution in [3.05, 3.63) is 63.1 Å². The van der Waals surface area contributed by atoms with Crippen LogP contribution in [0.3, 0.4) is 0 Å². The van der Waals surface area contributed by atoms with Crippen molar-refractivity contribution in [3.63, 3.8) is 0 Å². The highest BCUT2D eigenvalue weighted by Crippen LogP contribution is 2.19. The summed E-state index contributed by atoms with van der Waals surface area (Å²) in [6.07, 6.45) is 0. The number of rotatable bonds is 4. The van der Waals surface area contributed by atoms with Gasteiger partial charge in [0.05, 0.1) is 6.54 Å². The predicted molar refractivity (Wildman–Crippen MR) is 95.8 cm³/mol. The van der Waals surface area contributed by atoms with E-state index in [4.69, 9.17) is 0 Å². The monoisotopic (exact) mass is 374 g/mol. The van der Waals surface area contributed by atoms with Crippen LogP contribution in [0, 0.1) is 20.8 Å². The van der Waals surface area contributed by atoms with Gasteiger partial charge in [-0.1, -0.05) is 33.6 Å². The quantitative estimate of drug-likeness (QED) is 0.855. The average Bonchev–Trinajstić information content (AvgIpc) is 2.48. The fraction of sp³-hybridized carbons (Fsp3) is 0.222. The molecular weight excluding hydrogens is 356 g/mol. The van der Waals surface area contributed by atoms with Gasteiger partial charge in [0.1, 0.15) is 0 Å². The van der Waals surface area contributed by atoms with E-state index in [0.717, 1.165) is 26.9 Å². The van der Waals surface area contributed by atoms with Crippen LogP contribution in [-0.2, 0) is 4.79 Å². The van der Waals surface area contributed by atoms with E-state index in [1.165, 1.54) is 0 Å². The standard InChI is InChI=1S/C18H19BrN2O2/c1-11-4-6-15(12(2)8-11)18(23)20-10-17(22)21-16-7-5-14(19)9-13(16)3/h4-9H,10H2,1-3H3,(H,20,23)(H,21,22). The van der Waals surface area contributed by atoms with Gasteiger partial charge >= 0.3 is 0 Å². The van der Waals surface area contributed by atoms with Crippen LogP contribution >= 0.6 is 15.9 Å². The van der Waals surface area contributed by atoms with E-state index in [9.17, 15) is 9.59 Å². The van der Waals surface area contributed by atoms with E-state index in [1.807, 2.05) is 51.1 Å². The molecule has 2 rings (SSSR count). The molecule has 2 amide bonds. The van der Waals surface area contributed by atoms with Crippen molar-refractivity contribution in [2.45, 2.75) is 20.8 Å². The first-order chi connectivity index (χ1) is 10.9. The van der Waals surface area contributed by atoms with E-state index in [2.05, 4.69) is 26.6 Å². The molecule has 0 unspecified atom stereocenters. The van der Waals surface area contributed by atoms with Gasteiger partial charge in [-0.05, 0) is 56.2 Å². The molecule has 120 valence electrons. The lowest BCUT2D eigenvalue weighted by Crippen LogP contribution is -2.33. The number of halogens is 1. The molecule has 4 nitrogen and oxygen atoms in total. The number of benzene rings is 2. The van der Waals surface area contributed by atoms with E-state index < -0.39 is 0 Å². The predicted octanol–water partition coefficient (Wildman–Crippen LogP) is 3.74. The maximum absolute atomic E-state index is 12.1. The van der Waals surface area contributed by atoms with Crippen LogP contribution in [0.15, 0.2) is 40.9 Å². The summed E-state index contributed by atoms with van der Waals surface area (Å²) in [6.45, 7) is 5.70. The van der Waals surface area contributed by atoms with Crippen LogP contribution in [-0.4, -0.2) is 18.4 Å². The third kappa shape index (κ3) is 4.66. The maximum atomic E-state index is 12.1. The summed E-state index contributed by atoms with van der Waals surface area (Å²) in [6, 6.07) is 11.2. The van der Waals surface area contributed by atoms with Crippen LogP contribution < -0.4 is 10.6 Å². The normalized spacial score (nSPS) is 10.3. The van der Waals surface area contributed by atoms with Gasteiger partial charge in [-0.15, -0.1) is 0 Å². The molecule has 0 bridgehead atoms. The zero-order valence-electron chi connectivity index (χ0n) is 13.4. The van der Waals surface area contributed by atoms with Crippen LogP contribution in [0.1, 0.15) is 27.0 Å². The Hall–Kier alpha value is -2.14. The van der Waals surface area contributed by atoms with E-state index in [1.54, 1.807) is 6.07 Å². The fourth-order valence-electron chi connectivity index (χ4n) is 2.29. The fourth-order valence-corrected chi connectivity index (χ4v) is 2.76. The summed E-state index contributed by atoms with van der Waals surface area (Å²) >= 11 is 3.38. The molecule has 0 spiro atoms. The average molecular weight is 375 g/mol. The number of anilines is 1. The van der Waals surface area contributed by atoms with Crippen molar-refractivity contribution in [2.24, 2.45) is 0 Å². The smallest absolute Gasteiger partial charge is 0.251 e. The van der Waals surface area contributed by atoms with Crippen LogP contribution in [0.2, 0.25) is 0 Å². The Morgan fingerprint density at radius 1 is 1.00 bits per heavy atom. The molecule has 5 heteroatoms. The Kier molecular flexibility index (Phi) is 5.55. The number of carbonyl (C=O) groups is 2. The third-order valence-corrected chi connectivity index (χ3v) is 3.99. The Bertz CT molecular complexity index is 757. The molecule has 0 aliphatic carbocycles. The molecule has 0 aliphatic rings. The molecule has 0 aromatic heterocycles. The van der Waals surface area contributed by atoms with Gasteiger partial charge in [-0.25, -0.2) is 0 Å². The van der Waals surface area contributed by atoms with Gasteiger partial charge in [0, 0.05) is 15.7 Å². The molecule has 0 heterocycles. The van der Waals surface area contributed by atoms with Gasteiger partial charge < -0.3 is 10.6 Å². The summed E-state index contributed by atoms with van der Waals surface area (Å²) in [5.41, 5.74) is 4.27. The molecule has 2 aromatic carbocycles. The van der Waals surface area contributed by atoms with Crippen molar-refractivity contribution >= 4 is 33.4 Å². The van der Waals surface area contributed by atoms with E-state index >= 15 is 0 Å². The number of carbonyl (C=O) groups excluding carboxylic acids is 2. The number of amides is 2. The second kappa shape index (κ2) is 7.42. The second-order valence-corrected chi connectivity index (χ2v) is 6.42. The SMILES string of the molecule is Cc1ccc(C(=O)NCC(=O)Nc2ccc(Br)cc2C)c(C)c1. The van der Waals surface area contributed by atoms with Crippen molar-refractivity contribution in [1.29, 1.82) is 0 Å². The van der Waals surface area contributed by atoms with Gasteiger partial charge in [-0.2, -0.15) is 0 Å². The minimum absolute atomic E-state index is 0.0678. The molecule has 2 N–H and O–H groups in total. The first kappa shape index (κ1) is 17.2. The van der Waals surface area contributed by atoms with Crippen molar-refractivity contribution < 1.29 is 9.59 Å². The Labute approximate surface area is 144 Å². The summed E-state index contributed by atoms with van der Waals surface area (Å²) in [7, 11) is 0.